The largest absolute Gasteiger partial charge is 0.475 e. The van der Waals surface area contributed by atoms with Gasteiger partial charge in [0.05, 0.1) is 75.7 Å². The van der Waals surface area contributed by atoms with Crippen LogP contribution >= 0.6 is 23.2 Å². The first-order chi connectivity index (χ1) is 61.7. The van der Waals surface area contributed by atoms with Crippen LogP contribution in [0.1, 0.15) is 94.6 Å². The Balaban J connectivity index is 0.000000140. The van der Waals surface area contributed by atoms with Crippen LogP contribution in [0.2, 0.25) is 10.0 Å². The standard InChI is InChI=1S/C34H39FN6O2.C32H34Cl2N6O2.C31H33F2N7O2/c1-24-7-3-8-25-9-4-11-30(32(24)25)41-16-13-27-29(22-41)37-34(43-23-26-10-6-15-38(26)2)28(21-36)33(27)40-19-17-39(18-20-40)31(42)12-5-14-35;1-3-28(41)38-14-16-39(17-15-38)31-23-11-13-40(27-8-4-6-21-9-10-25(33)30(34)29(21)27)19-26(23)36-32(24(31)18-35)42-20-22-7-5-12-37(22)2;1-3-29(41)38-9-11-39(12-10-38)30-22-6-8-40(28-17-35-16-20-13-25(32)26(33)14-23(20)28)18-27(22)36-31(24(30)15-34)42-19-21-5-4-7-37(21)2/h3-5,7-9,11-12,26H,6,10,13-20,22-23H2,1-2H3;3-4,6,8-10,22H,1,5,7,11-17,19-20H2,2H3;3,13-14,16-17,21H,1,4-12,18-19H2,2H3/b12-5+;;/t26-;22-;21-/m000/s1. The van der Waals surface area contributed by atoms with Crippen LogP contribution in [0.3, 0.4) is 0 Å². The molecule has 0 radical (unpaired) electrons. The zero-order valence-corrected chi connectivity index (χ0v) is 74.0. The molecular formula is C97H106Cl2F3N19O6. The molecule has 30 heteroatoms. The van der Waals surface area contributed by atoms with Gasteiger partial charge in [-0.1, -0.05) is 84.9 Å². The number of hydrogen-bond acceptors (Lipinski definition) is 22. The molecule has 0 aliphatic carbocycles. The second kappa shape index (κ2) is 39.5. The second-order valence-corrected chi connectivity index (χ2v) is 34.8. The Bertz CT molecular complexity index is 5850. The minimum absolute atomic E-state index is 0.0684. The number of allylic oxidation sites excluding steroid dienone is 1. The van der Waals surface area contributed by atoms with Crippen LogP contribution in [0.5, 0.6) is 17.6 Å². The van der Waals surface area contributed by atoms with Crippen LogP contribution < -0.4 is 43.6 Å². The minimum atomic E-state index is -0.912. The number of fused-ring (bicyclic) bond motifs is 6. The number of likely N-dealkylation sites (tertiary alicyclic amines) is 3. The van der Waals surface area contributed by atoms with Crippen molar-refractivity contribution in [3.8, 4) is 35.8 Å². The van der Waals surface area contributed by atoms with Gasteiger partial charge in [-0.15, -0.1) is 0 Å². The molecule has 5 aromatic carbocycles. The molecular weight excluding hydrogens is 1660 g/mol. The van der Waals surface area contributed by atoms with Gasteiger partial charge in [-0.05, 0) is 170 Å². The molecule has 4 aromatic heterocycles. The lowest BCUT2D eigenvalue weighted by molar-refractivity contribution is -0.127. The van der Waals surface area contributed by atoms with Gasteiger partial charge in [-0.2, -0.15) is 15.8 Å². The van der Waals surface area contributed by atoms with Gasteiger partial charge >= 0.3 is 0 Å². The molecule has 6 fully saturated rings. The summed E-state index contributed by atoms with van der Waals surface area (Å²) in [6, 6.07) is 33.3. The topological polar surface area (TPSA) is 241 Å². The highest BCUT2D eigenvalue weighted by atomic mass is 35.5. The number of aryl methyl sites for hydroxylation is 1. The molecule has 0 saturated carbocycles. The number of amides is 3. The Morgan fingerprint density at radius 3 is 1.28 bits per heavy atom. The third-order valence-corrected chi connectivity index (χ3v) is 27.5. The lowest BCUT2D eigenvalue weighted by atomic mass is 9.96. The summed E-state index contributed by atoms with van der Waals surface area (Å²) in [6.07, 6.45) is 17.0. The first kappa shape index (κ1) is 88.5. The number of nitrogens with zero attached hydrogens (tertiary/aromatic N) is 19. The van der Waals surface area contributed by atoms with E-state index in [9.17, 15) is 43.3 Å². The van der Waals surface area contributed by atoms with Crippen molar-refractivity contribution in [3.05, 3.63) is 206 Å². The summed E-state index contributed by atoms with van der Waals surface area (Å²) in [4.78, 5) is 81.7. The summed E-state index contributed by atoms with van der Waals surface area (Å²) in [5.74, 6) is -1.08. The number of pyridine rings is 4. The van der Waals surface area contributed by atoms with E-state index in [-0.39, 0.29) is 23.8 Å². The molecule has 9 aromatic rings. The number of nitriles is 3. The van der Waals surface area contributed by atoms with Gasteiger partial charge in [0, 0.05) is 178 Å². The number of aromatic nitrogens is 4. The molecule has 13 heterocycles. The van der Waals surface area contributed by atoms with Gasteiger partial charge in [0.15, 0.2) is 11.6 Å². The van der Waals surface area contributed by atoms with E-state index in [2.05, 4.69) is 151 Å². The van der Waals surface area contributed by atoms with E-state index in [1.54, 1.807) is 20.9 Å². The summed E-state index contributed by atoms with van der Waals surface area (Å²) in [7, 11) is 6.31. The Morgan fingerprint density at radius 1 is 0.480 bits per heavy atom. The number of alkyl halides is 1. The Hall–Kier alpha value is -12.0. The van der Waals surface area contributed by atoms with Crippen LogP contribution in [0.4, 0.5) is 47.3 Å². The van der Waals surface area contributed by atoms with Crippen molar-refractivity contribution in [2.75, 3.05) is 195 Å². The fraction of sp³-hybridized carbons (Fsp3) is 0.423. The van der Waals surface area contributed by atoms with Crippen molar-refractivity contribution in [2.24, 2.45) is 0 Å². The normalized spacial score (nSPS) is 19.1. The van der Waals surface area contributed by atoms with E-state index >= 15 is 0 Å². The van der Waals surface area contributed by atoms with E-state index in [4.69, 9.17) is 52.4 Å². The predicted molar refractivity (Wildman–Crippen MR) is 491 cm³/mol. The van der Waals surface area contributed by atoms with Crippen LogP contribution in [-0.4, -0.2) is 251 Å². The quantitative estimate of drug-likeness (QED) is 0.0683. The predicted octanol–water partition coefficient (Wildman–Crippen LogP) is 13.6. The average molecular weight is 1760 g/mol. The van der Waals surface area contributed by atoms with Gasteiger partial charge in [0.2, 0.25) is 35.4 Å². The average Bonchev–Trinajstić information content (AvgIpc) is 0.903. The van der Waals surface area contributed by atoms with Crippen molar-refractivity contribution >= 4 is 107 Å². The fourth-order valence-corrected chi connectivity index (χ4v) is 20.1. The first-order valence-electron chi connectivity index (χ1n) is 44.0. The number of benzene rings is 5. The smallest absolute Gasteiger partial charge is 0.246 e. The maximum absolute atomic E-state index is 14.3. The molecule has 6 saturated heterocycles. The zero-order valence-electron chi connectivity index (χ0n) is 72.5. The van der Waals surface area contributed by atoms with Crippen molar-refractivity contribution in [2.45, 2.75) is 102 Å². The van der Waals surface area contributed by atoms with E-state index in [1.165, 1.54) is 58.6 Å². The van der Waals surface area contributed by atoms with Crippen LogP contribution in [-0.2, 0) is 53.3 Å². The molecule has 0 bridgehead atoms. The molecule has 3 atom stereocenters. The molecule has 0 spiro atoms. The summed E-state index contributed by atoms with van der Waals surface area (Å²) in [6.45, 7) is 23.6. The molecule has 127 heavy (non-hydrogen) atoms. The van der Waals surface area contributed by atoms with E-state index < -0.39 is 18.3 Å². The maximum atomic E-state index is 14.3. The number of ether oxygens (including phenoxy) is 3. The molecule has 0 N–H and O–H groups in total. The van der Waals surface area contributed by atoms with Gasteiger partial charge in [0.1, 0.15) is 61.4 Å². The fourth-order valence-electron chi connectivity index (χ4n) is 19.7. The maximum Gasteiger partial charge on any atom is 0.246 e. The highest BCUT2D eigenvalue weighted by molar-refractivity contribution is 6.46. The van der Waals surface area contributed by atoms with E-state index in [1.807, 2.05) is 24.3 Å². The Morgan fingerprint density at radius 2 is 0.874 bits per heavy atom. The number of carbonyl (C=O) groups is 3. The number of anilines is 6. The number of piperazine rings is 3. The highest BCUT2D eigenvalue weighted by Crippen LogP contribution is 2.46. The van der Waals surface area contributed by atoms with Crippen molar-refractivity contribution in [1.29, 1.82) is 15.8 Å². The number of halogens is 5. The molecule has 3 amide bonds. The zero-order chi connectivity index (χ0) is 88.7. The number of likely N-dealkylation sites (N-methyl/N-ethyl adjacent to an activating group) is 3. The summed E-state index contributed by atoms with van der Waals surface area (Å²) < 4.78 is 59.8. The Labute approximate surface area is 749 Å². The van der Waals surface area contributed by atoms with Gasteiger partial charge in [0.25, 0.3) is 0 Å². The molecule has 660 valence electrons. The van der Waals surface area contributed by atoms with E-state index in [0.29, 0.717) is 210 Å². The molecule has 0 unspecified atom stereocenters. The van der Waals surface area contributed by atoms with Gasteiger partial charge < -0.3 is 73.0 Å². The lowest BCUT2D eigenvalue weighted by Gasteiger charge is -2.39. The van der Waals surface area contributed by atoms with Crippen LogP contribution in [0.25, 0.3) is 32.3 Å². The summed E-state index contributed by atoms with van der Waals surface area (Å²) in [5.41, 5.74) is 13.8. The van der Waals surface area contributed by atoms with Crippen molar-refractivity contribution in [1.82, 2.24) is 49.3 Å². The Kier molecular flexibility index (Phi) is 27.5. The monoisotopic (exact) mass is 1760 g/mol. The lowest BCUT2D eigenvalue weighted by Crippen LogP contribution is -2.49. The highest BCUT2D eigenvalue weighted by Gasteiger charge is 2.38. The van der Waals surface area contributed by atoms with Gasteiger partial charge in [-0.25, -0.2) is 28.1 Å². The number of rotatable bonds is 19. The van der Waals surface area contributed by atoms with Crippen molar-refractivity contribution < 1.29 is 41.8 Å². The molecule has 9 aliphatic rings. The second-order valence-electron chi connectivity index (χ2n) is 34.0. The number of hydrogen-bond donors (Lipinski definition) is 0. The molecule has 9 aliphatic heterocycles. The number of carbonyl (C=O) groups excluding carboxylic acids is 3. The third-order valence-electron chi connectivity index (χ3n) is 26.7. The summed E-state index contributed by atoms with van der Waals surface area (Å²) in [5, 5.41) is 37.9. The van der Waals surface area contributed by atoms with Crippen molar-refractivity contribution in [3.63, 3.8) is 0 Å². The van der Waals surface area contributed by atoms with Crippen LogP contribution in [0, 0.1) is 52.6 Å². The molecule has 25 nitrogen and oxygen atoms in total. The SMILES string of the molecule is C=CC(=O)N1CCN(c2c(C#N)c(OC[C@@H]3CCCN3C)nc3c2CCN(c2cccc4ccc(Cl)c(Cl)c24)C3)CC1.C=CC(=O)N1CCN(c2c(C#N)c(OC[C@@H]3CCCN3C)nc3c2CCN(c2cncc4cc(F)c(F)cc24)C3)CC1.Cc1cccc2cccc(N3CCc4c(nc(OC[C@@H]5CCCN5C)c(C#N)c4N4CCN(C(=O)/C=C/CF)CC4)C3)c12. The first-order valence-corrected chi connectivity index (χ1v) is 44.8. The minimum Gasteiger partial charge on any atom is -0.475 e. The third kappa shape index (κ3) is 18.6. The van der Waals surface area contributed by atoms with Crippen LogP contribution in [0.15, 0.2) is 129 Å². The molecule has 18 rings (SSSR count). The summed E-state index contributed by atoms with van der Waals surface area (Å²) >= 11 is 13.2. The van der Waals surface area contributed by atoms with E-state index in [0.717, 1.165) is 151 Å². The van der Waals surface area contributed by atoms with Gasteiger partial charge in [-0.3, -0.25) is 19.4 Å².